The van der Waals surface area contributed by atoms with Gasteiger partial charge in [0.05, 0.1) is 0 Å². The Labute approximate surface area is 93.1 Å². The summed E-state index contributed by atoms with van der Waals surface area (Å²) in [5.74, 6) is -3.84. The molecule has 0 unspecified atom stereocenters. The molecule has 0 aliphatic heterocycles. The van der Waals surface area contributed by atoms with Crippen LogP contribution in [0.25, 0.3) is 11.4 Å². The molecule has 1 heterocycles. The zero-order valence-corrected chi connectivity index (χ0v) is 8.91. The van der Waals surface area contributed by atoms with E-state index in [1.807, 2.05) is 0 Å². The zero-order chi connectivity index (χ0) is 11.7. The molecule has 16 heavy (non-hydrogen) atoms. The number of hydrogen-bond acceptors (Lipinski definition) is 4. The van der Waals surface area contributed by atoms with Crippen molar-refractivity contribution in [3.05, 3.63) is 29.6 Å². The molecule has 3 nitrogen and oxygen atoms in total. The van der Waals surface area contributed by atoms with Crippen LogP contribution in [-0.2, 0) is 0 Å². The van der Waals surface area contributed by atoms with E-state index in [0.717, 1.165) is 23.7 Å². The Balaban J connectivity index is 2.48. The minimum atomic E-state index is -1.49. The van der Waals surface area contributed by atoms with E-state index in [1.165, 1.54) is 0 Å². The minimum absolute atomic E-state index is 0.106. The van der Waals surface area contributed by atoms with Crippen molar-refractivity contribution in [1.82, 2.24) is 9.36 Å². The molecule has 0 saturated heterocycles. The number of nitrogens with zero attached hydrogens (tertiary/aromatic N) is 2. The predicted octanol–water partition coefficient (Wildman–Crippen LogP) is 2.66. The van der Waals surface area contributed by atoms with Gasteiger partial charge < -0.3 is 5.32 Å². The van der Waals surface area contributed by atoms with E-state index < -0.39 is 17.5 Å². The molecule has 0 saturated carbocycles. The van der Waals surface area contributed by atoms with Crippen LogP contribution in [0, 0.1) is 17.5 Å². The smallest absolute Gasteiger partial charge is 0.202 e. The van der Waals surface area contributed by atoms with Crippen LogP contribution in [0.5, 0.6) is 0 Å². The molecule has 0 aliphatic rings. The number of rotatable bonds is 2. The van der Waals surface area contributed by atoms with Crippen molar-refractivity contribution in [2.24, 2.45) is 0 Å². The summed E-state index contributed by atoms with van der Waals surface area (Å²) in [4.78, 5) is 3.95. The van der Waals surface area contributed by atoms with Gasteiger partial charge in [-0.2, -0.15) is 9.36 Å². The van der Waals surface area contributed by atoms with E-state index in [2.05, 4.69) is 14.7 Å². The van der Waals surface area contributed by atoms with Gasteiger partial charge in [-0.15, -0.1) is 0 Å². The highest BCUT2D eigenvalue weighted by Gasteiger charge is 2.14. The molecule has 84 valence electrons. The molecular weight excluding hydrogens is 239 g/mol. The fourth-order valence-corrected chi connectivity index (χ4v) is 1.66. The van der Waals surface area contributed by atoms with Crippen molar-refractivity contribution < 1.29 is 13.2 Å². The molecule has 1 aromatic heterocycles. The van der Waals surface area contributed by atoms with Crippen LogP contribution in [-0.4, -0.2) is 16.4 Å². The Morgan fingerprint density at radius 2 is 1.81 bits per heavy atom. The summed E-state index contributed by atoms with van der Waals surface area (Å²) in [6.45, 7) is 0. The zero-order valence-electron chi connectivity index (χ0n) is 8.09. The maximum atomic E-state index is 12.9. The van der Waals surface area contributed by atoms with Crippen LogP contribution in [0.1, 0.15) is 0 Å². The minimum Gasteiger partial charge on any atom is -0.363 e. The highest BCUT2D eigenvalue weighted by molar-refractivity contribution is 7.09. The summed E-state index contributed by atoms with van der Waals surface area (Å²) < 4.78 is 42.4. The van der Waals surface area contributed by atoms with Gasteiger partial charge >= 0.3 is 0 Å². The highest BCUT2D eigenvalue weighted by Crippen LogP contribution is 2.24. The predicted molar refractivity (Wildman–Crippen MR) is 54.8 cm³/mol. The second-order valence-corrected chi connectivity index (χ2v) is 3.68. The molecule has 0 bridgehead atoms. The van der Waals surface area contributed by atoms with Crippen LogP contribution in [0.3, 0.4) is 0 Å². The third kappa shape index (κ3) is 1.85. The van der Waals surface area contributed by atoms with E-state index in [4.69, 9.17) is 0 Å². The normalized spacial score (nSPS) is 10.5. The lowest BCUT2D eigenvalue weighted by Gasteiger charge is -1.98. The van der Waals surface area contributed by atoms with E-state index in [9.17, 15) is 13.2 Å². The van der Waals surface area contributed by atoms with Gasteiger partial charge in [-0.05, 0) is 12.1 Å². The first kappa shape index (κ1) is 10.9. The quantitative estimate of drug-likeness (QED) is 0.826. The summed E-state index contributed by atoms with van der Waals surface area (Å²) in [5, 5.41) is 3.26. The summed E-state index contributed by atoms with van der Waals surface area (Å²) in [6, 6.07) is 1.72. The lowest BCUT2D eigenvalue weighted by atomic mass is 10.2. The Hall–Kier alpha value is -1.63. The van der Waals surface area contributed by atoms with E-state index in [-0.39, 0.29) is 11.4 Å². The first-order valence-corrected chi connectivity index (χ1v) is 5.05. The number of hydrogen-bond donors (Lipinski definition) is 1. The molecule has 2 rings (SSSR count). The van der Waals surface area contributed by atoms with Crippen molar-refractivity contribution >= 4 is 16.7 Å². The SMILES string of the molecule is CNc1nc(-c2cc(F)c(F)c(F)c2)ns1. The molecule has 1 N–H and O–H groups in total. The second kappa shape index (κ2) is 4.09. The first-order valence-electron chi connectivity index (χ1n) is 4.28. The van der Waals surface area contributed by atoms with Crippen LogP contribution in [0.15, 0.2) is 12.1 Å². The molecule has 0 atom stereocenters. The number of benzene rings is 1. The van der Waals surface area contributed by atoms with Crippen molar-refractivity contribution in [3.63, 3.8) is 0 Å². The standard InChI is InChI=1S/C9H6F3N3S/c1-13-9-14-8(15-16-9)4-2-5(10)7(12)6(11)3-4/h2-3H,1H3,(H,13,14,15). The monoisotopic (exact) mass is 245 g/mol. The Morgan fingerprint density at radius 3 is 2.31 bits per heavy atom. The molecule has 0 spiro atoms. The van der Waals surface area contributed by atoms with Crippen molar-refractivity contribution in [3.8, 4) is 11.4 Å². The molecule has 0 aliphatic carbocycles. The largest absolute Gasteiger partial charge is 0.363 e. The van der Waals surface area contributed by atoms with E-state index >= 15 is 0 Å². The number of nitrogens with one attached hydrogen (secondary N) is 1. The second-order valence-electron chi connectivity index (χ2n) is 2.93. The first-order chi connectivity index (χ1) is 7.61. The highest BCUT2D eigenvalue weighted by atomic mass is 32.1. The maximum Gasteiger partial charge on any atom is 0.202 e. The third-order valence-electron chi connectivity index (χ3n) is 1.88. The fourth-order valence-electron chi connectivity index (χ4n) is 1.13. The van der Waals surface area contributed by atoms with Gasteiger partial charge in [-0.25, -0.2) is 13.2 Å². The van der Waals surface area contributed by atoms with Crippen molar-refractivity contribution in [2.45, 2.75) is 0 Å². The van der Waals surface area contributed by atoms with Crippen molar-refractivity contribution in [2.75, 3.05) is 12.4 Å². The molecule has 7 heteroatoms. The topological polar surface area (TPSA) is 37.8 Å². The average molecular weight is 245 g/mol. The lowest BCUT2D eigenvalue weighted by Crippen LogP contribution is -1.93. The van der Waals surface area contributed by atoms with Crippen LogP contribution < -0.4 is 5.32 Å². The van der Waals surface area contributed by atoms with Crippen LogP contribution >= 0.6 is 11.5 Å². The van der Waals surface area contributed by atoms with E-state index in [1.54, 1.807) is 7.05 Å². The summed E-state index contributed by atoms with van der Waals surface area (Å²) in [6.07, 6.45) is 0. The van der Waals surface area contributed by atoms with Gasteiger partial charge in [0.25, 0.3) is 0 Å². The molecular formula is C9H6F3N3S. The number of aromatic nitrogens is 2. The van der Waals surface area contributed by atoms with E-state index in [0.29, 0.717) is 5.13 Å². The number of anilines is 1. The Bertz CT molecular complexity index is 503. The lowest BCUT2D eigenvalue weighted by molar-refractivity contribution is 0.447. The van der Waals surface area contributed by atoms with Crippen molar-refractivity contribution in [1.29, 1.82) is 0 Å². The maximum absolute atomic E-state index is 12.9. The van der Waals surface area contributed by atoms with Gasteiger partial charge in [0.2, 0.25) is 5.13 Å². The van der Waals surface area contributed by atoms with Gasteiger partial charge in [-0.3, -0.25) is 0 Å². The Kier molecular flexibility index (Phi) is 2.78. The molecule has 0 fully saturated rings. The summed E-state index contributed by atoms with van der Waals surface area (Å²) >= 11 is 1.05. The third-order valence-corrected chi connectivity index (χ3v) is 2.61. The van der Waals surface area contributed by atoms with Gasteiger partial charge in [0, 0.05) is 24.1 Å². The van der Waals surface area contributed by atoms with Gasteiger partial charge in [0.1, 0.15) is 0 Å². The average Bonchev–Trinajstić information content (AvgIpc) is 2.73. The van der Waals surface area contributed by atoms with Gasteiger partial charge in [0.15, 0.2) is 23.3 Å². The summed E-state index contributed by atoms with van der Waals surface area (Å²) in [5.41, 5.74) is 0.106. The Morgan fingerprint density at radius 1 is 1.19 bits per heavy atom. The fraction of sp³-hybridized carbons (Fsp3) is 0.111. The summed E-state index contributed by atoms with van der Waals surface area (Å²) in [7, 11) is 1.65. The molecule has 0 amide bonds. The van der Waals surface area contributed by atoms with Crippen LogP contribution in [0.2, 0.25) is 0 Å². The molecule has 2 aromatic rings. The molecule has 1 aromatic carbocycles. The van der Waals surface area contributed by atoms with Gasteiger partial charge in [-0.1, -0.05) is 0 Å². The molecule has 0 radical (unpaired) electrons. The van der Waals surface area contributed by atoms with Crippen LogP contribution in [0.4, 0.5) is 18.3 Å². The number of halogens is 3.